The van der Waals surface area contributed by atoms with E-state index < -0.39 is 22.8 Å². The molecule has 2 N–H and O–H groups in total. The van der Waals surface area contributed by atoms with Gasteiger partial charge in [0.15, 0.2) is 0 Å². The largest absolute Gasteiger partial charge is 0.487 e. The number of carbonyl (C=O) groups excluding carboxylic acids is 2. The van der Waals surface area contributed by atoms with Gasteiger partial charge >= 0.3 is 0 Å². The summed E-state index contributed by atoms with van der Waals surface area (Å²) in [5, 5.41) is 20.9. The van der Waals surface area contributed by atoms with Gasteiger partial charge in [-0.25, -0.2) is 0 Å². The molecule has 2 amide bonds. The van der Waals surface area contributed by atoms with Gasteiger partial charge in [-0.1, -0.05) is 72.8 Å². The highest BCUT2D eigenvalue weighted by molar-refractivity contribution is 5.99. The van der Waals surface area contributed by atoms with Gasteiger partial charge in [-0.3, -0.25) is 14.5 Å². The van der Waals surface area contributed by atoms with Crippen LogP contribution >= 0.6 is 0 Å². The third kappa shape index (κ3) is 4.52. The Morgan fingerprint density at radius 3 is 2.21 bits per heavy atom. The number of hydrogen-bond donors (Lipinski definition) is 2. The van der Waals surface area contributed by atoms with Crippen LogP contribution in [0, 0.1) is 0 Å². The average molecular weight is 636 g/mol. The Bertz CT molecular complexity index is 1660. The number of aliphatic hydroxyl groups excluding tert-OH is 2. The highest BCUT2D eigenvalue weighted by atomic mass is 16.5. The Hall–Kier alpha value is -3.98. The van der Waals surface area contributed by atoms with Crippen molar-refractivity contribution in [3.8, 4) is 5.75 Å². The number of hydrogen-bond acceptors (Lipinski definition) is 6. The molecule has 3 aromatic carbocycles. The van der Waals surface area contributed by atoms with Crippen molar-refractivity contribution in [1.82, 2.24) is 9.80 Å². The number of carbonyl (C=O) groups is 2. The first-order valence-electron chi connectivity index (χ1n) is 16.9. The summed E-state index contributed by atoms with van der Waals surface area (Å²) in [6, 6.07) is 23.1. The molecule has 1 saturated carbocycles. The van der Waals surface area contributed by atoms with Crippen molar-refractivity contribution in [2.45, 2.75) is 67.0 Å². The topological polar surface area (TPSA) is 93.6 Å². The van der Waals surface area contributed by atoms with Crippen LogP contribution in [-0.4, -0.2) is 89.9 Å². The van der Waals surface area contributed by atoms with Crippen molar-refractivity contribution in [1.29, 1.82) is 0 Å². The van der Waals surface area contributed by atoms with E-state index in [1.165, 1.54) is 5.56 Å². The second-order valence-electron chi connectivity index (χ2n) is 13.7. The summed E-state index contributed by atoms with van der Waals surface area (Å²) in [7, 11) is 3.71. The molecule has 7 rings (SSSR count). The number of likely N-dealkylation sites (N-methyl/N-ethyl adjacent to an activating group) is 2. The Labute approximate surface area is 277 Å². The van der Waals surface area contributed by atoms with Gasteiger partial charge < -0.3 is 24.7 Å². The van der Waals surface area contributed by atoms with Crippen LogP contribution in [0.25, 0.3) is 0 Å². The maximum Gasteiger partial charge on any atom is 0.236 e. The monoisotopic (exact) mass is 635 g/mol. The van der Waals surface area contributed by atoms with Gasteiger partial charge in [0.05, 0.1) is 41.7 Å². The first kappa shape index (κ1) is 31.6. The zero-order valence-electron chi connectivity index (χ0n) is 27.3. The van der Waals surface area contributed by atoms with E-state index in [0.717, 1.165) is 67.6 Å². The van der Waals surface area contributed by atoms with Crippen LogP contribution in [0.5, 0.6) is 5.75 Å². The molecule has 2 aliphatic carbocycles. The van der Waals surface area contributed by atoms with Gasteiger partial charge in [-0.15, -0.1) is 6.58 Å². The van der Waals surface area contributed by atoms with Gasteiger partial charge in [0.2, 0.25) is 11.8 Å². The number of amides is 2. The fraction of sp³-hybridized carbons (Fsp3) is 0.436. The second-order valence-corrected chi connectivity index (χ2v) is 13.7. The SMILES string of the molecule is C=CCN1CC[C@]23c4c5ccc(N(C)C(=O)[C@H](CO)c6ccccc6)c4OC2CCC[C@@]3(N(C)C(=O)[C@H](CO)c2ccccc2)[C@H]1C5. The first-order chi connectivity index (χ1) is 22.8. The number of anilines is 1. The lowest BCUT2D eigenvalue weighted by atomic mass is 9.46. The molecule has 1 spiro atoms. The van der Waals surface area contributed by atoms with Crippen LogP contribution in [0.4, 0.5) is 5.69 Å². The molecule has 8 nitrogen and oxygen atoms in total. The van der Waals surface area contributed by atoms with Crippen LogP contribution < -0.4 is 9.64 Å². The Balaban J connectivity index is 1.36. The molecule has 0 radical (unpaired) electrons. The number of ether oxygens (including phenoxy) is 1. The van der Waals surface area contributed by atoms with Gasteiger partial charge in [0.25, 0.3) is 0 Å². The Morgan fingerprint density at radius 2 is 1.60 bits per heavy atom. The predicted octanol–water partition coefficient (Wildman–Crippen LogP) is 4.40. The van der Waals surface area contributed by atoms with Gasteiger partial charge in [0, 0.05) is 32.2 Å². The maximum atomic E-state index is 14.7. The molecule has 47 heavy (non-hydrogen) atoms. The minimum atomic E-state index is -0.700. The quantitative estimate of drug-likeness (QED) is 0.321. The number of likely N-dealkylation sites (tertiary alicyclic amines) is 1. The molecular weight excluding hydrogens is 590 g/mol. The van der Waals surface area contributed by atoms with Gasteiger partial charge in [0.1, 0.15) is 11.9 Å². The average Bonchev–Trinajstić information content (AvgIpc) is 3.44. The number of piperidine rings is 1. The fourth-order valence-electron chi connectivity index (χ4n) is 9.77. The lowest BCUT2D eigenvalue weighted by molar-refractivity contribution is -0.168. The van der Waals surface area contributed by atoms with E-state index in [9.17, 15) is 19.8 Å². The van der Waals surface area contributed by atoms with Crippen molar-refractivity contribution in [2.24, 2.45) is 0 Å². The lowest BCUT2D eigenvalue weighted by Gasteiger charge is -2.68. The van der Waals surface area contributed by atoms with E-state index in [4.69, 9.17) is 4.74 Å². The number of rotatable bonds is 10. The Morgan fingerprint density at radius 1 is 0.957 bits per heavy atom. The molecule has 3 aromatic rings. The van der Waals surface area contributed by atoms with Gasteiger partial charge in [-0.2, -0.15) is 0 Å². The minimum absolute atomic E-state index is 0.0326. The zero-order valence-corrected chi connectivity index (χ0v) is 27.3. The standard InChI is InChI=1S/C39H45N3O5/c1-4-21-42-22-20-38-33-16-11-19-39(38,41(3)37(46)30(25-44)27-14-9-6-10-15-27)32(42)23-28-17-18-31(35(47-33)34(28)38)40(2)36(45)29(24-43)26-12-7-5-8-13-26/h4-10,12-15,17-18,29-30,32-33,43-44H,1,11,16,19-25H2,2-3H3/t29-,30-,32-,33?,38-,39-/m1/s1. The molecular formula is C39H45N3O5. The summed E-state index contributed by atoms with van der Waals surface area (Å²) in [4.78, 5) is 34.8. The van der Waals surface area contributed by atoms with E-state index in [0.29, 0.717) is 5.69 Å². The number of nitrogens with zero attached hydrogens (tertiary/aromatic N) is 3. The fourth-order valence-corrected chi connectivity index (χ4v) is 9.77. The number of aliphatic hydroxyl groups is 2. The molecule has 6 atom stereocenters. The number of benzene rings is 3. The summed E-state index contributed by atoms with van der Waals surface area (Å²) in [5.74, 6) is -0.926. The first-order valence-corrected chi connectivity index (χ1v) is 16.9. The zero-order chi connectivity index (χ0) is 32.9. The van der Waals surface area contributed by atoms with Crippen LogP contribution in [-0.2, 0) is 21.4 Å². The van der Waals surface area contributed by atoms with Crippen molar-refractivity contribution in [3.63, 3.8) is 0 Å². The summed E-state index contributed by atoms with van der Waals surface area (Å²) < 4.78 is 7.04. The van der Waals surface area contributed by atoms with E-state index in [-0.39, 0.29) is 37.2 Å². The third-order valence-corrected chi connectivity index (χ3v) is 11.8. The summed E-state index contributed by atoms with van der Waals surface area (Å²) in [6.45, 7) is 5.07. The summed E-state index contributed by atoms with van der Waals surface area (Å²) in [5.41, 5.74) is 3.53. The predicted molar refractivity (Wildman–Crippen MR) is 182 cm³/mol. The van der Waals surface area contributed by atoms with Crippen molar-refractivity contribution in [3.05, 3.63) is 108 Å². The molecule has 4 aliphatic rings. The summed E-state index contributed by atoms with van der Waals surface area (Å²) >= 11 is 0. The molecule has 2 aliphatic heterocycles. The molecule has 2 heterocycles. The van der Waals surface area contributed by atoms with Crippen LogP contribution in [0.2, 0.25) is 0 Å². The van der Waals surface area contributed by atoms with Crippen LogP contribution in [0.3, 0.4) is 0 Å². The molecule has 1 unspecified atom stereocenters. The smallest absolute Gasteiger partial charge is 0.236 e. The van der Waals surface area contributed by atoms with Crippen molar-refractivity contribution >= 4 is 17.5 Å². The maximum absolute atomic E-state index is 14.7. The van der Waals surface area contributed by atoms with E-state index in [1.54, 1.807) is 11.9 Å². The van der Waals surface area contributed by atoms with Crippen LogP contribution in [0.1, 0.15) is 59.8 Å². The second kappa shape index (κ2) is 12.2. The van der Waals surface area contributed by atoms with Crippen LogP contribution in [0.15, 0.2) is 85.5 Å². The highest BCUT2D eigenvalue weighted by Crippen LogP contribution is 2.67. The Kier molecular flexibility index (Phi) is 8.23. The van der Waals surface area contributed by atoms with E-state index in [1.807, 2.05) is 84.8 Å². The van der Waals surface area contributed by atoms with Gasteiger partial charge in [-0.05, 0) is 61.4 Å². The highest BCUT2D eigenvalue weighted by Gasteiger charge is 2.73. The molecule has 2 bridgehead atoms. The molecule has 1 saturated heterocycles. The molecule has 2 fully saturated rings. The van der Waals surface area contributed by atoms with E-state index in [2.05, 4.69) is 17.5 Å². The van der Waals surface area contributed by atoms with E-state index >= 15 is 0 Å². The van der Waals surface area contributed by atoms with Crippen molar-refractivity contribution in [2.75, 3.05) is 45.3 Å². The summed E-state index contributed by atoms with van der Waals surface area (Å²) in [6.07, 6.45) is 5.90. The molecule has 0 aromatic heterocycles. The molecule has 246 valence electrons. The minimum Gasteiger partial charge on any atom is -0.487 e. The molecule has 8 heteroatoms. The normalized spacial score (nSPS) is 26.8. The van der Waals surface area contributed by atoms with Crippen molar-refractivity contribution < 1.29 is 24.5 Å². The lowest BCUT2D eigenvalue weighted by Crippen LogP contribution is -2.80. The third-order valence-electron chi connectivity index (χ3n) is 11.8.